The third-order valence-electron chi connectivity index (χ3n) is 3.60. The average Bonchev–Trinajstić information content (AvgIpc) is 2.59. The summed E-state index contributed by atoms with van der Waals surface area (Å²) in [4.78, 5) is 11.8. The highest BCUT2D eigenvalue weighted by Gasteiger charge is 2.39. The minimum Gasteiger partial charge on any atom is -0.382 e. The summed E-state index contributed by atoms with van der Waals surface area (Å²) in [6.45, 7) is 0.249. The minimum absolute atomic E-state index is 0.0162. The van der Waals surface area contributed by atoms with Gasteiger partial charge in [-0.25, -0.2) is 0 Å². The second kappa shape index (κ2) is 5.98. The van der Waals surface area contributed by atoms with E-state index < -0.39 is 23.7 Å². The van der Waals surface area contributed by atoms with Gasteiger partial charge in [0.05, 0.1) is 4.92 Å². The number of aliphatic hydroxyl groups is 1. The molecule has 0 saturated carbocycles. The molecule has 1 heterocycles. The van der Waals surface area contributed by atoms with Crippen molar-refractivity contribution in [2.24, 2.45) is 0 Å². The second-order valence-electron chi connectivity index (χ2n) is 5.07. The molecule has 0 saturated heterocycles. The second-order valence-corrected chi connectivity index (χ2v) is 5.07. The SMILES string of the molecule is O=[N+]([O-])c1ccc2c(c1)CCN(CC(O)C(F)(F)F)CC2. The number of β-amino-alcohol motifs (C(OH)–C–C–N with tert-alkyl or cyclic N) is 1. The Morgan fingerprint density at radius 2 is 1.90 bits per heavy atom. The third kappa shape index (κ3) is 3.92. The van der Waals surface area contributed by atoms with Crippen LogP contribution in [0.15, 0.2) is 18.2 Å². The average molecular weight is 304 g/mol. The van der Waals surface area contributed by atoms with Crippen LogP contribution in [0.1, 0.15) is 11.1 Å². The van der Waals surface area contributed by atoms with Crippen LogP contribution in [0.5, 0.6) is 0 Å². The van der Waals surface area contributed by atoms with E-state index in [1.807, 2.05) is 0 Å². The lowest BCUT2D eigenvalue weighted by molar-refractivity contribution is -0.384. The first-order valence-corrected chi connectivity index (χ1v) is 6.50. The molecule has 1 N–H and O–H groups in total. The molecule has 0 aliphatic carbocycles. The van der Waals surface area contributed by atoms with Gasteiger partial charge in [0, 0.05) is 31.8 Å². The minimum atomic E-state index is -4.63. The van der Waals surface area contributed by atoms with Crippen molar-refractivity contribution in [2.45, 2.75) is 25.1 Å². The molecule has 0 radical (unpaired) electrons. The zero-order valence-electron chi connectivity index (χ0n) is 11.1. The van der Waals surface area contributed by atoms with Gasteiger partial charge in [-0.05, 0) is 24.0 Å². The summed E-state index contributed by atoms with van der Waals surface area (Å²) < 4.78 is 37.1. The number of non-ortho nitro benzene ring substituents is 1. The van der Waals surface area contributed by atoms with Gasteiger partial charge in [-0.1, -0.05) is 6.07 Å². The molecule has 0 fully saturated rings. The third-order valence-corrected chi connectivity index (χ3v) is 3.60. The van der Waals surface area contributed by atoms with Gasteiger partial charge in [-0.15, -0.1) is 0 Å². The first kappa shape index (κ1) is 15.7. The number of benzene rings is 1. The van der Waals surface area contributed by atoms with E-state index >= 15 is 0 Å². The summed E-state index contributed by atoms with van der Waals surface area (Å²) in [6.07, 6.45) is -6.05. The molecule has 1 unspecified atom stereocenters. The molecule has 0 bridgehead atoms. The Bertz CT molecular complexity index is 534. The Labute approximate surface area is 119 Å². The van der Waals surface area contributed by atoms with Crippen molar-refractivity contribution in [1.29, 1.82) is 0 Å². The zero-order chi connectivity index (χ0) is 15.6. The maximum absolute atomic E-state index is 12.4. The lowest BCUT2D eigenvalue weighted by atomic mass is 10.0. The van der Waals surface area contributed by atoms with E-state index in [0.717, 1.165) is 11.1 Å². The molecule has 0 aromatic heterocycles. The number of nitro groups is 1. The van der Waals surface area contributed by atoms with Crippen LogP contribution < -0.4 is 0 Å². The van der Waals surface area contributed by atoms with E-state index in [9.17, 15) is 23.3 Å². The number of nitro benzene ring substituents is 1. The van der Waals surface area contributed by atoms with Crippen LogP contribution in [0.25, 0.3) is 0 Å². The fraction of sp³-hybridized carbons (Fsp3) is 0.538. The lowest BCUT2D eigenvalue weighted by Gasteiger charge is -2.24. The van der Waals surface area contributed by atoms with Gasteiger partial charge in [0.1, 0.15) is 0 Å². The molecule has 0 spiro atoms. The molecule has 1 aromatic rings. The van der Waals surface area contributed by atoms with Gasteiger partial charge >= 0.3 is 6.18 Å². The number of alkyl halides is 3. The quantitative estimate of drug-likeness (QED) is 0.684. The van der Waals surface area contributed by atoms with Gasteiger partial charge in [0.2, 0.25) is 0 Å². The Balaban J connectivity index is 2.05. The van der Waals surface area contributed by atoms with Crippen LogP contribution in [0.3, 0.4) is 0 Å². The molecule has 0 amide bonds. The van der Waals surface area contributed by atoms with E-state index in [1.54, 1.807) is 6.07 Å². The summed E-state index contributed by atoms with van der Waals surface area (Å²) in [5.74, 6) is 0. The summed E-state index contributed by atoms with van der Waals surface area (Å²) in [5, 5.41) is 19.8. The van der Waals surface area contributed by atoms with Crippen LogP contribution >= 0.6 is 0 Å². The molecular formula is C13H15F3N2O3. The van der Waals surface area contributed by atoms with E-state index in [4.69, 9.17) is 5.11 Å². The number of fused-ring (bicyclic) bond motifs is 1. The van der Waals surface area contributed by atoms with Gasteiger partial charge in [-0.3, -0.25) is 15.0 Å². The molecule has 116 valence electrons. The highest BCUT2D eigenvalue weighted by Crippen LogP contribution is 2.24. The van der Waals surface area contributed by atoms with E-state index in [-0.39, 0.29) is 5.69 Å². The van der Waals surface area contributed by atoms with Crippen molar-refractivity contribution in [3.05, 3.63) is 39.4 Å². The number of rotatable bonds is 3. The number of aliphatic hydroxyl groups excluding tert-OH is 1. The Hall–Kier alpha value is -1.67. The van der Waals surface area contributed by atoms with Crippen LogP contribution in [-0.4, -0.2) is 46.8 Å². The van der Waals surface area contributed by atoms with Gasteiger partial charge in [0.25, 0.3) is 5.69 Å². The van der Waals surface area contributed by atoms with E-state index in [0.29, 0.717) is 25.9 Å². The van der Waals surface area contributed by atoms with E-state index in [2.05, 4.69) is 0 Å². The maximum Gasteiger partial charge on any atom is 0.415 e. The fourth-order valence-electron chi connectivity index (χ4n) is 2.40. The Kier molecular flexibility index (Phi) is 4.48. The number of halogens is 3. The molecule has 1 aromatic carbocycles. The molecule has 1 aliphatic heterocycles. The normalized spacial score (nSPS) is 17.9. The predicted molar refractivity (Wildman–Crippen MR) is 69.0 cm³/mol. The van der Waals surface area contributed by atoms with Gasteiger partial charge < -0.3 is 5.11 Å². The first-order valence-electron chi connectivity index (χ1n) is 6.50. The molecule has 8 heteroatoms. The standard InChI is InChI=1S/C13H15F3N2O3/c14-13(15,16)12(19)8-17-5-3-9-1-2-11(18(20)21)7-10(9)4-6-17/h1-2,7,12,19H,3-6,8H2. The monoisotopic (exact) mass is 304 g/mol. The highest BCUT2D eigenvalue weighted by molar-refractivity contribution is 5.40. The van der Waals surface area contributed by atoms with Crippen molar-refractivity contribution < 1.29 is 23.2 Å². The van der Waals surface area contributed by atoms with Gasteiger partial charge in [-0.2, -0.15) is 13.2 Å². The lowest BCUT2D eigenvalue weighted by Crippen LogP contribution is -2.41. The van der Waals surface area contributed by atoms with Crippen LogP contribution in [-0.2, 0) is 12.8 Å². The van der Waals surface area contributed by atoms with Crippen molar-refractivity contribution in [2.75, 3.05) is 19.6 Å². The maximum atomic E-state index is 12.4. The molecule has 1 atom stereocenters. The van der Waals surface area contributed by atoms with E-state index in [1.165, 1.54) is 17.0 Å². The highest BCUT2D eigenvalue weighted by atomic mass is 19.4. The summed E-state index contributed by atoms with van der Waals surface area (Å²) in [6, 6.07) is 4.52. The summed E-state index contributed by atoms with van der Waals surface area (Å²) in [5.41, 5.74) is 1.68. The molecule has 2 rings (SSSR count). The van der Waals surface area contributed by atoms with Crippen molar-refractivity contribution in [3.8, 4) is 0 Å². The summed E-state index contributed by atoms with van der Waals surface area (Å²) in [7, 11) is 0. The molecule has 1 aliphatic rings. The fourth-order valence-corrected chi connectivity index (χ4v) is 2.40. The smallest absolute Gasteiger partial charge is 0.382 e. The predicted octanol–water partition coefficient (Wildman–Crippen LogP) is 1.92. The van der Waals surface area contributed by atoms with Crippen LogP contribution in [0.4, 0.5) is 18.9 Å². The van der Waals surface area contributed by atoms with Crippen molar-refractivity contribution >= 4 is 5.69 Å². The molecular weight excluding hydrogens is 289 g/mol. The molecule has 5 nitrogen and oxygen atoms in total. The number of hydrogen-bond acceptors (Lipinski definition) is 4. The van der Waals surface area contributed by atoms with Crippen molar-refractivity contribution in [3.63, 3.8) is 0 Å². The Morgan fingerprint density at radius 3 is 2.48 bits per heavy atom. The van der Waals surface area contributed by atoms with Gasteiger partial charge in [0.15, 0.2) is 6.10 Å². The largest absolute Gasteiger partial charge is 0.415 e. The zero-order valence-corrected chi connectivity index (χ0v) is 11.1. The topological polar surface area (TPSA) is 66.6 Å². The van der Waals surface area contributed by atoms with Crippen molar-refractivity contribution in [1.82, 2.24) is 4.90 Å². The number of hydrogen-bond donors (Lipinski definition) is 1. The van der Waals surface area contributed by atoms with Crippen LogP contribution in [0, 0.1) is 10.1 Å². The summed E-state index contributed by atoms with van der Waals surface area (Å²) >= 11 is 0. The molecule has 21 heavy (non-hydrogen) atoms. The Morgan fingerprint density at radius 1 is 1.29 bits per heavy atom. The van der Waals surface area contributed by atoms with Crippen LogP contribution in [0.2, 0.25) is 0 Å². The first-order chi connectivity index (χ1) is 9.77. The number of nitrogens with zero attached hydrogens (tertiary/aromatic N) is 2.